The number of anilines is 1. The Balaban J connectivity index is 2.72. The number of carboxylic acids is 1. The van der Waals surface area contributed by atoms with Crippen LogP contribution < -0.4 is 15.5 Å². The molecule has 0 amide bonds. The van der Waals surface area contributed by atoms with E-state index in [2.05, 4.69) is 16.6 Å². The maximum atomic E-state index is 11.5. The van der Waals surface area contributed by atoms with Gasteiger partial charge in [0.25, 0.3) is 0 Å². The number of aliphatic imine (C=N–C) groups is 1. The number of carboxylic acid groups (broad SMARTS) is 1. The summed E-state index contributed by atoms with van der Waals surface area (Å²) < 4.78 is 5.52. The van der Waals surface area contributed by atoms with Crippen LogP contribution in [0.5, 0.6) is 0 Å². The smallest absolute Gasteiger partial charge is 0.335 e. The highest BCUT2D eigenvalue weighted by Crippen LogP contribution is 2.27. The summed E-state index contributed by atoms with van der Waals surface area (Å²) in [5.41, 5.74) is 0. The van der Waals surface area contributed by atoms with E-state index >= 15 is 0 Å². The van der Waals surface area contributed by atoms with Gasteiger partial charge in [-0.05, 0) is 44.2 Å². The zero-order chi connectivity index (χ0) is 22.4. The van der Waals surface area contributed by atoms with Crippen molar-refractivity contribution >= 4 is 29.8 Å². The molecule has 1 saturated heterocycles. The Hall–Kier alpha value is -2.85. The third-order valence-corrected chi connectivity index (χ3v) is 4.65. The second kappa shape index (κ2) is 10.3. The molecular formula is C21H27N3O6. The van der Waals surface area contributed by atoms with Gasteiger partial charge in [-0.2, -0.15) is 0 Å². The number of aliphatic hydroxyl groups excluding tert-OH is 3. The van der Waals surface area contributed by atoms with Gasteiger partial charge < -0.3 is 25.2 Å². The van der Waals surface area contributed by atoms with Gasteiger partial charge in [-0.3, -0.25) is 4.90 Å². The molecule has 0 aliphatic carbocycles. The maximum Gasteiger partial charge on any atom is 0.335 e. The molecule has 9 heteroatoms. The molecule has 0 saturated carbocycles. The molecule has 0 bridgehead atoms. The Kier molecular flexibility index (Phi) is 8.01. The number of allylic oxidation sites excluding steroid dienone is 1. The van der Waals surface area contributed by atoms with Crippen molar-refractivity contribution in [1.82, 2.24) is 4.98 Å². The molecule has 1 aromatic rings. The normalized spacial score (nSPS) is 28.7. The van der Waals surface area contributed by atoms with Gasteiger partial charge in [0, 0.05) is 6.20 Å². The lowest BCUT2D eigenvalue weighted by atomic mass is 9.97. The van der Waals surface area contributed by atoms with Gasteiger partial charge in [-0.25, -0.2) is 14.8 Å². The average Bonchev–Trinajstić information content (AvgIpc) is 2.73. The first-order chi connectivity index (χ1) is 14.3. The Labute approximate surface area is 174 Å². The summed E-state index contributed by atoms with van der Waals surface area (Å²) in [5, 5.41) is 41.9. The van der Waals surface area contributed by atoms with Crippen molar-refractivity contribution in [2.45, 2.75) is 51.4 Å². The zero-order valence-corrected chi connectivity index (χ0v) is 17.1. The molecule has 4 N–H and O–H groups in total. The number of hydrogen-bond acceptors (Lipinski definition) is 7. The number of rotatable bonds is 5. The highest BCUT2D eigenvalue weighted by atomic mass is 16.6. The standard InChI is InChI=1S/C21H27N3O6/c1-5-9-14(22-8-4)24(15-11-10-12(6-2)13(7-3)23-15)20-18(27)16(25)17(26)19(30-20)21(28)29/h5-11,16-20,25-27H,4H2,1-3H3,(H,28,29)/b9-5-,12-6-,13-7+,22-14+/t16-,17-,18+,19-,20+/m0/s1. The molecule has 1 aliphatic rings. The summed E-state index contributed by atoms with van der Waals surface area (Å²) in [4.78, 5) is 21.7. The molecule has 2 rings (SSSR count). The number of aliphatic hydroxyl groups is 3. The number of ether oxygens (including phenoxy) is 1. The van der Waals surface area contributed by atoms with Crippen molar-refractivity contribution < 1.29 is 30.0 Å². The van der Waals surface area contributed by atoms with E-state index in [9.17, 15) is 25.2 Å². The first kappa shape index (κ1) is 23.4. The number of pyridine rings is 1. The molecule has 0 aromatic carbocycles. The van der Waals surface area contributed by atoms with Gasteiger partial charge in [0.1, 0.15) is 30.0 Å². The topological polar surface area (TPSA) is 136 Å². The third-order valence-electron chi connectivity index (χ3n) is 4.65. The molecule has 2 heterocycles. The summed E-state index contributed by atoms with van der Waals surface area (Å²) in [6.07, 6.45) is -0.123. The fraction of sp³-hybridized carbons (Fsp3) is 0.381. The van der Waals surface area contributed by atoms with Crippen LogP contribution in [-0.2, 0) is 9.53 Å². The van der Waals surface area contributed by atoms with E-state index in [4.69, 9.17) is 4.74 Å². The van der Waals surface area contributed by atoms with E-state index in [-0.39, 0.29) is 5.84 Å². The van der Waals surface area contributed by atoms with Crippen molar-refractivity contribution in [1.29, 1.82) is 0 Å². The van der Waals surface area contributed by atoms with Crippen molar-refractivity contribution in [3.05, 3.63) is 47.6 Å². The zero-order valence-electron chi connectivity index (χ0n) is 17.1. The van der Waals surface area contributed by atoms with Crippen molar-refractivity contribution in [2.75, 3.05) is 4.90 Å². The summed E-state index contributed by atoms with van der Waals surface area (Å²) in [6, 6.07) is 3.47. The molecule has 30 heavy (non-hydrogen) atoms. The summed E-state index contributed by atoms with van der Waals surface area (Å²) >= 11 is 0. The third kappa shape index (κ3) is 4.65. The second-order valence-corrected chi connectivity index (χ2v) is 6.52. The Morgan fingerprint density at radius 3 is 2.40 bits per heavy atom. The van der Waals surface area contributed by atoms with Crippen LogP contribution in [0.3, 0.4) is 0 Å². The lowest BCUT2D eigenvalue weighted by Crippen LogP contribution is -2.65. The van der Waals surface area contributed by atoms with Crippen LogP contribution in [0.25, 0.3) is 12.2 Å². The molecular weight excluding hydrogens is 390 g/mol. The van der Waals surface area contributed by atoms with E-state index < -0.39 is 36.6 Å². The number of amidine groups is 1. The number of hydrogen-bond donors (Lipinski definition) is 4. The quantitative estimate of drug-likeness (QED) is 0.372. The minimum absolute atomic E-state index is 0.243. The predicted molar refractivity (Wildman–Crippen MR) is 113 cm³/mol. The van der Waals surface area contributed by atoms with Gasteiger partial charge in [-0.15, -0.1) is 0 Å². The fourth-order valence-electron chi connectivity index (χ4n) is 3.17. The summed E-state index contributed by atoms with van der Waals surface area (Å²) in [5.74, 6) is -0.936. The number of nitrogens with zero attached hydrogens (tertiary/aromatic N) is 3. The van der Waals surface area contributed by atoms with E-state index in [0.29, 0.717) is 11.2 Å². The van der Waals surface area contributed by atoms with Gasteiger partial charge in [0.05, 0.1) is 5.35 Å². The summed E-state index contributed by atoms with van der Waals surface area (Å²) in [7, 11) is 0. The molecule has 9 nitrogen and oxygen atoms in total. The molecule has 0 radical (unpaired) electrons. The largest absolute Gasteiger partial charge is 0.479 e. The van der Waals surface area contributed by atoms with Crippen LogP contribution in [0.2, 0.25) is 0 Å². The van der Waals surface area contributed by atoms with Crippen LogP contribution in [-0.4, -0.2) is 67.9 Å². The Morgan fingerprint density at radius 2 is 1.87 bits per heavy atom. The van der Waals surface area contributed by atoms with Crippen LogP contribution >= 0.6 is 0 Å². The molecule has 0 spiro atoms. The van der Waals surface area contributed by atoms with Gasteiger partial charge in [0.2, 0.25) is 0 Å². The first-order valence-corrected chi connectivity index (χ1v) is 9.43. The lowest BCUT2D eigenvalue weighted by molar-refractivity contribution is -0.225. The SMILES string of the molecule is C=C/N=C(\C=C/C)N(c1ccc(=C/C)/c(=C\C)n1)[C@@H]1O[C@H](C(=O)O)[C@@H](O)[C@H](O)[C@H]1O. The van der Waals surface area contributed by atoms with Crippen LogP contribution in [0.15, 0.2) is 42.1 Å². The summed E-state index contributed by atoms with van der Waals surface area (Å²) in [6.45, 7) is 9.03. The van der Waals surface area contributed by atoms with Crippen molar-refractivity contribution in [3.8, 4) is 0 Å². The fourth-order valence-corrected chi connectivity index (χ4v) is 3.17. The molecule has 1 aliphatic heterocycles. The van der Waals surface area contributed by atoms with Crippen LogP contribution in [0.1, 0.15) is 20.8 Å². The minimum atomic E-state index is -1.80. The van der Waals surface area contributed by atoms with Crippen molar-refractivity contribution in [3.63, 3.8) is 0 Å². The van der Waals surface area contributed by atoms with Crippen molar-refractivity contribution in [2.24, 2.45) is 4.99 Å². The minimum Gasteiger partial charge on any atom is -0.479 e. The maximum absolute atomic E-state index is 11.5. The van der Waals surface area contributed by atoms with Crippen LogP contribution in [0, 0.1) is 0 Å². The van der Waals surface area contributed by atoms with Crippen LogP contribution in [0.4, 0.5) is 5.82 Å². The first-order valence-electron chi connectivity index (χ1n) is 9.43. The van der Waals surface area contributed by atoms with Gasteiger partial charge in [-0.1, -0.05) is 24.8 Å². The molecule has 1 aromatic heterocycles. The van der Waals surface area contributed by atoms with E-state index in [1.807, 2.05) is 19.9 Å². The molecule has 162 valence electrons. The number of carbonyl (C=O) groups is 1. The van der Waals surface area contributed by atoms with Gasteiger partial charge in [0.15, 0.2) is 12.3 Å². The van der Waals surface area contributed by atoms with Gasteiger partial charge >= 0.3 is 5.97 Å². The number of aromatic nitrogens is 1. The van der Waals surface area contributed by atoms with E-state index in [1.165, 1.54) is 11.1 Å². The molecule has 1 fully saturated rings. The Morgan fingerprint density at radius 1 is 1.17 bits per heavy atom. The monoisotopic (exact) mass is 417 g/mol. The lowest BCUT2D eigenvalue weighted by Gasteiger charge is -2.43. The van der Waals surface area contributed by atoms with E-state index in [1.54, 1.807) is 37.3 Å². The number of aliphatic carboxylic acids is 1. The van der Waals surface area contributed by atoms with E-state index in [0.717, 1.165) is 5.22 Å². The highest BCUT2D eigenvalue weighted by molar-refractivity contribution is 6.05. The highest BCUT2D eigenvalue weighted by Gasteiger charge is 2.49. The average molecular weight is 417 g/mol. The Bertz CT molecular complexity index is 958. The predicted octanol–water partition coefficient (Wildman–Crippen LogP) is -0.501. The second-order valence-electron chi connectivity index (χ2n) is 6.52. The molecule has 5 atom stereocenters. The molecule has 0 unspecified atom stereocenters.